The summed E-state index contributed by atoms with van der Waals surface area (Å²) in [6.45, 7) is 11.9. The van der Waals surface area contributed by atoms with Gasteiger partial charge in [-0.2, -0.15) is 0 Å². The largest absolute Gasteiger partial charge is 0.511 e. The number of alkyl halides is 2. The van der Waals surface area contributed by atoms with Crippen LogP contribution in [0.5, 0.6) is 0 Å². The van der Waals surface area contributed by atoms with E-state index in [1.807, 2.05) is 4.90 Å². The van der Waals surface area contributed by atoms with E-state index in [4.69, 9.17) is 0 Å². The molecule has 0 unspecified atom stereocenters. The third-order valence-corrected chi connectivity index (χ3v) is 4.40. The molecule has 1 heterocycles. The van der Waals surface area contributed by atoms with Gasteiger partial charge in [0.15, 0.2) is 5.84 Å². The monoisotopic (exact) mass is 404 g/mol. The van der Waals surface area contributed by atoms with Crippen LogP contribution in [0.25, 0.3) is 0 Å². The predicted molar refractivity (Wildman–Crippen MR) is 111 cm³/mol. The number of nitrogens with one attached hydrogen (secondary N) is 1. The summed E-state index contributed by atoms with van der Waals surface area (Å²) in [7, 11) is 0. The summed E-state index contributed by atoms with van der Waals surface area (Å²) in [5.41, 5.74) is 0.951. The zero-order chi connectivity index (χ0) is 21.6. The lowest BCUT2D eigenvalue weighted by atomic mass is 10.1. The van der Waals surface area contributed by atoms with Crippen molar-refractivity contribution in [1.29, 1.82) is 0 Å². The molecule has 0 atom stereocenters. The van der Waals surface area contributed by atoms with Gasteiger partial charge in [-0.3, -0.25) is 4.79 Å². The molecule has 156 valence electrons. The van der Waals surface area contributed by atoms with Crippen molar-refractivity contribution in [3.05, 3.63) is 66.7 Å². The number of aliphatic hydroxyl groups is 1. The lowest BCUT2D eigenvalue weighted by molar-refractivity contribution is -0.127. The Balaban J connectivity index is 2.15. The standard InChI is InChI=1S/C21H26F2N4O2/c1-5-19(29)26-10-12-27(13-11-26)20(24-14-15(2)28)16(3)25-18-8-6-17(7-9-18)21(4,22)23/h5-9,14,25,28H,1,3,10-13H2,2,4H3/b15-14+,24-20?. The number of nitrogens with zero attached hydrogens (tertiary/aromatic N) is 3. The van der Waals surface area contributed by atoms with Crippen LogP contribution in [0.15, 0.2) is 66.1 Å². The number of carbonyl (C=O) groups excluding carboxylic acids is 1. The molecule has 2 rings (SSSR count). The molecule has 2 N–H and O–H groups in total. The summed E-state index contributed by atoms with van der Waals surface area (Å²) in [6, 6.07) is 5.79. The molecule has 1 aromatic carbocycles. The van der Waals surface area contributed by atoms with E-state index in [1.165, 1.54) is 31.3 Å². The highest BCUT2D eigenvalue weighted by Gasteiger charge is 2.25. The van der Waals surface area contributed by atoms with E-state index in [0.29, 0.717) is 43.4 Å². The molecule has 0 aliphatic carbocycles. The van der Waals surface area contributed by atoms with E-state index in [-0.39, 0.29) is 17.2 Å². The van der Waals surface area contributed by atoms with Crippen LogP contribution >= 0.6 is 0 Å². The summed E-state index contributed by atoms with van der Waals surface area (Å²) >= 11 is 0. The summed E-state index contributed by atoms with van der Waals surface area (Å²) in [4.78, 5) is 19.7. The van der Waals surface area contributed by atoms with Gasteiger partial charge in [-0.15, -0.1) is 0 Å². The number of piperazine rings is 1. The number of aliphatic hydroxyl groups excluding tert-OH is 1. The molecule has 0 aromatic heterocycles. The van der Waals surface area contributed by atoms with Crippen LogP contribution in [0.1, 0.15) is 19.4 Å². The number of rotatable bonds is 6. The second-order valence-electron chi connectivity index (χ2n) is 6.81. The Labute approximate surface area is 169 Å². The van der Waals surface area contributed by atoms with Gasteiger partial charge in [0.25, 0.3) is 5.92 Å². The van der Waals surface area contributed by atoms with Gasteiger partial charge in [-0.05, 0) is 25.1 Å². The summed E-state index contributed by atoms with van der Waals surface area (Å²) in [5.74, 6) is -2.51. The Bertz CT molecular complexity index is 814. The molecule has 1 aromatic rings. The first kappa shape index (κ1) is 22.1. The lowest BCUT2D eigenvalue weighted by Crippen LogP contribution is -2.51. The minimum absolute atomic E-state index is 0.0327. The van der Waals surface area contributed by atoms with Crippen LogP contribution in [-0.4, -0.2) is 52.8 Å². The van der Waals surface area contributed by atoms with Crippen LogP contribution in [0.2, 0.25) is 0 Å². The Kier molecular flexibility index (Phi) is 7.14. The van der Waals surface area contributed by atoms with Gasteiger partial charge in [0, 0.05) is 44.4 Å². The minimum atomic E-state index is -2.91. The SMILES string of the molecule is C=CC(=O)N1CCN(C(=N/C=C(\C)O)C(=C)Nc2ccc(C(C)(F)F)cc2)CC1. The molecule has 0 bridgehead atoms. The summed E-state index contributed by atoms with van der Waals surface area (Å²) in [5, 5.41) is 12.5. The Morgan fingerprint density at radius 1 is 1.21 bits per heavy atom. The Hall–Kier alpha value is -3.16. The fraction of sp³-hybridized carbons (Fsp3) is 0.333. The quantitative estimate of drug-likeness (QED) is 0.327. The molecular weight excluding hydrogens is 378 g/mol. The number of carbonyl (C=O) groups is 1. The third-order valence-electron chi connectivity index (χ3n) is 4.40. The van der Waals surface area contributed by atoms with Crippen LogP contribution in [0, 0.1) is 0 Å². The normalized spacial score (nSPS) is 15.9. The maximum atomic E-state index is 13.4. The number of benzene rings is 1. The molecule has 0 spiro atoms. The third kappa shape index (κ3) is 6.17. The summed E-state index contributed by atoms with van der Waals surface area (Å²) in [6.07, 6.45) is 2.59. The number of amides is 1. The molecule has 6 nitrogen and oxygen atoms in total. The van der Waals surface area contributed by atoms with E-state index in [1.54, 1.807) is 17.0 Å². The Morgan fingerprint density at radius 2 is 1.76 bits per heavy atom. The van der Waals surface area contributed by atoms with E-state index in [2.05, 4.69) is 23.5 Å². The second-order valence-corrected chi connectivity index (χ2v) is 6.81. The van der Waals surface area contributed by atoms with Gasteiger partial charge in [-0.1, -0.05) is 25.3 Å². The number of amidine groups is 1. The number of aliphatic imine (C=N–C) groups is 1. The molecule has 1 aliphatic rings. The van der Waals surface area contributed by atoms with Crippen molar-refractivity contribution in [3.8, 4) is 0 Å². The van der Waals surface area contributed by atoms with Crippen LogP contribution in [-0.2, 0) is 10.7 Å². The molecule has 1 fully saturated rings. The van der Waals surface area contributed by atoms with Crippen molar-refractivity contribution in [2.45, 2.75) is 19.8 Å². The van der Waals surface area contributed by atoms with E-state index < -0.39 is 5.92 Å². The molecular formula is C21H26F2N4O2. The van der Waals surface area contributed by atoms with Crippen molar-refractivity contribution in [2.75, 3.05) is 31.5 Å². The predicted octanol–water partition coefficient (Wildman–Crippen LogP) is 3.87. The molecule has 1 aliphatic heterocycles. The zero-order valence-corrected chi connectivity index (χ0v) is 16.7. The van der Waals surface area contributed by atoms with Gasteiger partial charge in [-0.25, -0.2) is 13.8 Å². The van der Waals surface area contributed by atoms with Crippen LogP contribution < -0.4 is 5.32 Å². The number of halogens is 2. The molecule has 29 heavy (non-hydrogen) atoms. The number of hydrogen-bond donors (Lipinski definition) is 2. The highest BCUT2D eigenvalue weighted by atomic mass is 19.3. The van der Waals surface area contributed by atoms with E-state index in [9.17, 15) is 18.7 Å². The zero-order valence-electron chi connectivity index (χ0n) is 16.7. The average Bonchev–Trinajstić information content (AvgIpc) is 2.67. The fourth-order valence-electron chi connectivity index (χ4n) is 2.85. The number of hydrogen-bond acceptors (Lipinski definition) is 4. The van der Waals surface area contributed by atoms with Crippen molar-refractivity contribution in [2.24, 2.45) is 4.99 Å². The van der Waals surface area contributed by atoms with Crippen molar-refractivity contribution < 1.29 is 18.7 Å². The molecule has 0 radical (unpaired) electrons. The molecule has 1 amide bonds. The Morgan fingerprint density at radius 3 is 2.24 bits per heavy atom. The second kappa shape index (κ2) is 9.36. The molecule has 1 saturated heterocycles. The molecule has 0 saturated carbocycles. The molecule has 8 heteroatoms. The number of anilines is 1. The lowest BCUT2D eigenvalue weighted by Gasteiger charge is -2.36. The van der Waals surface area contributed by atoms with Gasteiger partial charge in [0.2, 0.25) is 5.91 Å². The smallest absolute Gasteiger partial charge is 0.270 e. The highest BCUT2D eigenvalue weighted by Crippen LogP contribution is 2.28. The fourth-order valence-corrected chi connectivity index (χ4v) is 2.85. The van der Waals surface area contributed by atoms with Gasteiger partial charge in [0.1, 0.15) is 5.76 Å². The maximum absolute atomic E-state index is 13.4. The number of allylic oxidation sites excluding steroid dienone is 1. The van der Waals surface area contributed by atoms with Crippen LogP contribution in [0.4, 0.5) is 14.5 Å². The van der Waals surface area contributed by atoms with E-state index in [0.717, 1.165) is 6.92 Å². The van der Waals surface area contributed by atoms with E-state index >= 15 is 0 Å². The minimum Gasteiger partial charge on any atom is -0.511 e. The van der Waals surface area contributed by atoms with Gasteiger partial charge in [0.05, 0.1) is 11.9 Å². The first-order valence-electron chi connectivity index (χ1n) is 9.16. The topological polar surface area (TPSA) is 68.2 Å². The van der Waals surface area contributed by atoms with Gasteiger partial charge < -0.3 is 20.2 Å². The first-order chi connectivity index (χ1) is 13.6. The maximum Gasteiger partial charge on any atom is 0.270 e. The van der Waals surface area contributed by atoms with Crippen LogP contribution in [0.3, 0.4) is 0 Å². The van der Waals surface area contributed by atoms with Crippen molar-refractivity contribution in [3.63, 3.8) is 0 Å². The van der Waals surface area contributed by atoms with Gasteiger partial charge >= 0.3 is 0 Å². The average molecular weight is 404 g/mol. The summed E-state index contributed by atoms with van der Waals surface area (Å²) < 4.78 is 26.8. The first-order valence-corrected chi connectivity index (χ1v) is 9.16. The highest BCUT2D eigenvalue weighted by molar-refractivity contribution is 6.00. The van der Waals surface area contributed by atoms with Crippen molar-refractivity contribution in [1.82, 2.24) is 9.80 Å². The van der Waals surface area contributed by atoms with Crippen molar-refractivity contribution >= 4 is 17.4 Å².